The number of aromatic nitrogens is 2. The second-order valence-corrected chi connectivity index (χ2v) is 10.1. The van der Waals surface area contributed by atoms with E-state index in [1.807, 2.05) is 55.5 Å². The average Bonchev–Trinajstić information content (AvgIpc) is 3.37. The summed E-state index contributed by atoms with van der Waals surface area (Å²) in [6.07, 6.45) is 1.91. The van der Waals surface area contributed by atoms with Gasteiger partial charge in [0, 0.05) is 22.6 Å². The molecule has 1 aliphatic rings. The fraction of sp³-hybridized carbons (Fsp3) is 0.233. The topological polar surface area (TPSA) is 74.8 Å². The summed E-state index contributed by atoms with van der Waals surface area (Å²) in [5.74, 6) is 0.0836. The molecular formula is C30H29N3O4S. The van der Waals surface area contributed by atoms with Gasteiger partial charge in [-0.1, -0.05) is 47.7 Å². The van der Waals surface area contributed by atoms with E-state index < -0.39 is 12.0 Å². The van der Waals surface area contributed by atoms with Crippen molar-refractivity contribution >= 4 is 23.4 Å². The van der Waals surface area contributed by atoms with Crippen LogP contribution in [0.2, 0.25) is 0 Å². The highest BCUT2D eigenvalue weighted by atomic mass is 32.1. The summed E-state index contributed by atoms with van der Waals surface area (Å²) < 4.78 is 15.3. The zero-order chi connectivity index (χ0) is 27.0. The lowest BCUT2D eigenvalue weighted by Crippen LogP contribution is -2.40. The molecule has 8 heteroatoms. The van der Waals surface area contributed by atoms with Crippen LogP contribution in [0.25, 0.3) is 11.8 Å². The Balaban J connectivity index is 1.72. The third-order valence-corrected chi connectivity index (χ3v) is 7.70. The number of methoxy groups -OCH3 is 1. The minimum atomic E-state index is -0.722. The lowest BCUT2D eigenvalue weighted by Gasteiger charge is -2.25. The standard InChI is InChI=1S/C30H29N3O4S/c1-6-37-29(35)26-19(3)31-30-33(27(26)23-14-10-11-15-24(23)36-5)28(34)25(38-30)17-21-16-18(2)32(20(21)4)22-12-8-7-9-13-22/h7-17,27H,6H2,1-5H3/b25-17+/t27-/m0/s1. The summed E-state index contributed by atoms with van der Waals surface area (Å²) in [7, 11) is 1.58. The molecule has 0 spiro atoms. The van der Waals surface area contributed by atoms with Gasteiger partial charge in [-0.15, -0.1) is 0 Å². The molecule has 0 amide bonds. The van der Waals surface area contributed by atoms with Crippen LogP contribution in [0.1, 0.15) is 42.4 Å². The maximum Gasteiger partial charge on any atom is 0.338 e. The van der Waals surface area contributed by atoms with Gasteiger partial charge in [0.05, 0.1) is 29.5 Å². The number of fused-ring (bicyclic) bond motifs is 1. The van der Waals surface area contributed by atoms with Gasteiger partial charge in [0.2, 0.25) is 0 Å². The number of hydrogen-bond acceptors (Lipinski definition) is 6. The number of para-hydroxylation sites is 2. The molecule has 4 aromatic rings. The van der Waals surface area contributed by atoms with Crippen molar-refractivity contribution in [2.75, 3.05) is 13.7 Å². The number of ether oxygens (including phenoxy) is 2. The van der Waals surface area contributed by atoms with Gasteiger partial charge >= 0.3 is 5.97 Å². The Hall–Kier alpha value is -4.17. The largest absolute Gasteiger partial charge is 0.496 e. The molecule has 0 bridgehead atoms. The SMILES string of the molecule is CCOC(=O)C1=C(C)N=c2s/c(=C/c3cc(C)n(-c4ccccc4)c3C)c(=O)n2[C@H]1c1ccccc1OC. The van der Waals surface area contributed by atoms with E-state index in [-0.39, 0.29) is 12.2 Å². The first-order valence-electron chi connectivity index (χ1n) is 12.4. The normalized spacial score (nSPS) is 15.3. The number of benzene rings is 2. The van der Waals surface area contributed by atoms with Gasteiger partial charge in [0.15, 0.2) is 4.80 Å². The van der Waals surface area contributed by atoms with Crippen LogP contribution in [0.5, 0.6) is 5.75 Å². The maximum atomic E-state index is 14.0. The molecule has 0 saturated heterocycles. The monoisotopic (exact) mass is 527 g/mol. The molecule has 7 nitrogen and oxygen atoms in total. The van der Waals surface area contributed by atoms with Crippen molar-refractivity contribution in [2.24, 2.45) is 4.99 Å². The summed E-state index contributed by atoms with van der Waals surface area (Å²) >= 11 is 1.31. The van der Waals surface area contributed by atoms with E-state index in [2.05, 4.69) is 34.7 Å². The molecule has 0 unspecified atom stereocenters. The van der Waals surface area contributed by atoms with Crippen LogP contribution in [0.3, 0.4) is 0 Å². The van der Waals surface area contributed by atoms with Gasteiger partial charge in [-0.25, -0.2) is 9.79 Å². The molecule has 2 aromatic carbocycles. The molecule has 38 heavy (non-hydrogen) atoms. The molecule has 0 aliphatic carbocycles. The number of rotatable bonds is 6. The fourth-order valence-electron chi connectivity index (χ4n) is 5.03. The number of thiazole rings is 1. The second kappa shape index (κ2) is 10.3. The Morgan fingerprint density at radius 3 is 2.50 bits per heavy atom. The number of aryl methyl sites for hydroxylation is 1. The molecule has 3 heterocycles. The number of carbonyl (C=O) groups is 1. The first kappa shape index (κ1) is 25.5. The van der Waals surface area contributed by atoms with Crippen LogP contribution in [0.4, 0.5) is 0 Å². The number of hydrogen-bond donors (Lipinski definition) is 0. The van der Waals surface area contributed by atoms with Gasteiger partial charge < -0.3 is 14.0 Å². The number of esters is 1. The summed E-state index contributed by atoms with van der Waals surface area (Å²) in [5.41, 5.74) is 5.45. The summed E-state index contributed by atoms with van der Waals surface area (Å²) in [6.45, 7) is 7.85. The van der Waals surface area contributed by atoms with E-state index in [9.17, 15) is 9.59 Å². The zero-order valence-electron chi connectivity index (χ0n) is 22.0. The van der Waals surface area contributed by atoms with Crippen molar-refractivity contribution in [3.05, 3.63) is 114 Å². The average molecular weight is 528 g/mol. The highest BCUT2D eigenvalue weighted by molar-refractivity contribution is 7.07. The summed E-state index contributed by atoms with van der Waals surface area (Å²) in [5, 5.41) is 0. The molecule has 194 valence electrons. The van der Waals surface area contributed by atoms with Gasteiger partial charge in [-0.05, 0) is 63.6 Å². The fourth-order valence-corrected chi connectivity index (χ4v) is 6.06. The van der Waals surface area contributed by atoms with Crippen LogP contribution < -0.4 is 19.6 Å². The van der Waals surface area contributed by atoms with Crippen molar-refractivity contribution in [3.8, 4) is 11.4 Å². The highest BCUT2D eigenvalue weighted by Gasteiger charge is 2.35. The minimum absolute atomic E-state index is 0.218. The van der Waals surface area contributed by atoms with Crippen LogP contribution >= 0.6 is 11.3 Å². The third kappa shape index (κ3) is 4.31. The van der Waals surface area contributed by atoms with Crippen LogP contribution in [0, 0.1) is 13.8 Å². The Bertz CT molecular complexity index is 1740. The van der Waals surface area contributed by atoms with Crippen molar-refractivity contribution in [1.29, 1.82) is 0 Å². The Kier molecular flexibility index (Phi) is 6.91. The summed E-state index contributed by atoms with van der Waals surface area (Å²) in [6, 6.07) is 18.9. The molecule has 1 atom stereocenters. The van der Waals surface area contributed by atoms with Crippen molar-refractivity contribution in [2.45, 2.75) is 33.7 Å². The number of nitrogens with zero attached hydrogens (tertiary/aromatic N) is 3. The molecule has 0 fully saturated rings. The van der Waals surface area contributed by atoms with E-state index in [0.717, 1.165) is 22.6 Å². The Labute approximate surface area is 224 Å². The number of carbonyl (C=O) groups excluding carboxylic acids is 1. The van der Waals surface area contributed by atoms with Gasteiger partial charge in [0.1, 0.15) is 11.8 Å². The lowest BCUT2D eigenvalue weighted by atomic mass is 9.95. The van der Waals surface area contributed by atoms with E-state index in [1.165, 1.54) is 11.3 Å². The van der Waals surface area contributed by atoms with Crippen molar-refractivity contribution in [1.82, 2.24) is 9.13 Å². The molecule has 0 radical (unpaired) electrons. The van der Waals surface area contributed by atoms with Gasteiger partial charge in [-0.3, -0.25) is 9.36 Å². The second-order valence-electron chi connectivity index (χ2n) is 9.04. The maximum absolute atomic E-state index is 14.0. The molecular weight excluding hydrogens is 498 g/mol. The molecule has 0 N–H and O–H groups in total. The summed E-state index contributed by atoms with van der Waals surface area (Å²) in [4.78, 5) is 32.3. The van der Waals surface area contributed by atoms with E-state index >= 15 is 0 Å². The van der Waals surface area contributed by atoms with Crippen LogP contribution in [-0.4, -0.2) is 28.8 Å². The van der Waals surface area contributed by atoms with Gasteiger partial charge in [0.25, 0.3) is 5.56 Å². The lowest BCUT2D eigenvalue weighted by molar-refractivity contribution is -0.139. The van der Waals surface area contributed by atoms with E-state index in [4.69, 9.17) is 9.47 Å². The third-order valence-electron chi connectivity index (χ3n) is 6.72. The van der Waals surface area contributed by atoms with Crippen LogP contribution in [0.15, 0.2) is 81.7 Å². The Morgan fingerprint density at radius 2 is 1.79 bits per heavy atom. The first-order chi connectivity index (χ1) is 18.3. The quantitative estimate of drug-likeness (QED) is 0.352. The highest BCUT2D eigenvalue weighted by Crippen LogP contribution is 2.35. The molecule has 5 rings (SSSR count). The van der Waals surface area contributed by atoms with E-state index in [0.29, 0.717) is 31.9 Å². The van der Waals surface area contributed by atoms with Crippen molar-refractivity contribution in [3.63, 3.8) is 0 Å². The molecule has 0 saturated carbocycles. The Morgan fingerprint density at radius 1 is 1.08 bits per heavy atom. The first-order valence-corrected chi connectivity index (χ1v) is 13.2. The van der Waals surface area contributed by atoms with E-state index in [1.54, 1.807) is 25.5 Å². The van der Waals surface area contributed by atoms with Crippen molar-refractivity contribution < 1.29 is 14.3 Å². The molecule has 2 aromatic heterocycles. The predicted octanol–water partition coefficient (Wildman–Crippen LogP) is 4.21. The zero-order valence-corrected chi connectivity index (χ0v) is 22.8. The number of allylic oxidation sites excluding steroid dienone is 1. The van der Waals surface area contributed by atoms with Crippen LogP contribution in [-0.2, 0) is 9.53 Å². The molecule has 1 aliphatic heterocycles. The van der Waals surface area contributed by atoms with Gasteiger partial charge in [-0.2, -0.15) is 0 Å². The minimum Gasteiger partial charge on any atom is -0.496 e. The predicted molar refractivity (Wildman–Crippen MR) is 149 cm³/mol. The smallest absolute Gasteiger partial charge is 0.338 e.